The number of Topliss-reactive ketones (excluding diaryl/α,β-unsaturated/α-hetero) is 2. The molecule has 0 fully saturated rings. The minimum atomic E-state index is 0.270. The Balaban J connectivity index is 1.81. The van der Waals surface area contributed by atoms with E-state index in [0.29, 0.717) is 11.8 Å². The number of hydrogen-bond acceptors (Lipinski definition) is 2. The molecule has 0 N–H and O–H groups in total. The molecule has 0 spiro atoms. The number of rotatable bonds is 1. The van der Waals surface area contributed by atoms with Gasteiger partial charge in [-0.15, -0.1) is 0 Å². The standard InChI is InChI=1S/C22H26O2/c1-13-11-19(15-7-3-5-9-17(15)21(13)23)20-12-14(2)22(24)18-10-6-4-8-16(18)20/h11-12,19-20H,3-10H2,1-2H3. The van der Waals surface area contributed by atoms with E-state index in [0.717, 1.165) is 60.8 Å². The number of allylic oxidation sites excluding steroid dienone is 8. The van der Waals surface area contributed by atoms with Gasteiger partial charge < -0.3 is 0 Å². The van der Waals surface area contributed by atoms with E-state index in [2.05, 4.69) is 12.2 Å². The highest BCUT2D eigenvalue weighted by Gasteiger charge is 2.38. The van der Waals surface area contributed by atoms with Crippen molar-refractivity contribution in [2.45, 2.75) is 65.2 Å². The first-order valence-electron chi connectivity index (χ1n) is 9.48. The van der Waals surface area contributed by atoms with Crippen molar-refractivity contribution in [3.05, 3.63) is 45.6 Å². The van der Waals surface area contributed by atoms with Gasteiger partial charge in [0.1, 0.15) is 0 Å². The van der Waals surface area contributed by atoms with Gasteiger partial charge in [-0.25, -0.2) is 0 Å². The minimum absolute atomic E-state index is 0.270. The van der Waals surface area contributed by atoms with Crippen LogP contribution in [0.3, 0.4) is 0 Å². The van der Waals surface area contributed by atoms with Gasteiger partial charge >= 0.3 is 0 Å². The quantitative estimate of drug-likeness (QED) is 0.679. The van der Waals surface area contributed by atoms with E-state index in [1.165, 1.54) is 24.0 Å². The Morgan fingerprint density at radius 2 is 1.04 bits per heavy atom. The highest BCUT2D eigenvalue weighted by atomic mass is 16.1. The van der Waals surface area contributed by atoms with Crippen LogP contribution >= 0.6 is 0 Å². The fraction of sp³-hybridized carbons (Fsp3) is 0.545. The molecular weight excluding hydrogens is 296 g/mol. The summed E-state index contributed by atoms with van der Waals surface area (Å²) in [5, 5.41) is 0. The second-order valence-electron chi connectivity index (χ2n) is 7.83. The van der Waals surface area contributed by atoms with Gasteiger partial charge in [0.05, 0.1) is 0 Å². The SMILES string of the molecule is CC1=CC(C2C=C(C)C(=O)C3=C2CCCC3)C2=C(CCCC2)C1=O. The molecule has 0 amide bonds. The molecule has 0 aromatic heterocycles. The van der Waals surface area contributed by atoms with Crippen molar-refractivity contribution < 1.29 is 9.59 Å². The fourth-order valence-electron chi connectivity index (χ4n) is 5.12. The van der Waals surface area contributed by atoms with Gasteiger partial charge in [-0.1, -0.05) is 23.3 Å². The molecule has 2 atom stereocenters. The summed E-state index contributed by atoms with van der Waals surface area (Å²) in [5.74, 6) is 1.13. The predicted molar refractivity (Wildman–Crippen MR) is 95.5 cm³/mol. The number of hydrogen-bond donors (Lipinski definition) is 0. The first-order chi connectivity index (χ1) is 11.6. The Hall–Kier alpha value is -1.70. The van der Waals surface area contributed by atoms with Crippen molar-refractivity contribution in [3.63, 3.8) is 0 Å². The molecule has 0 saturated heterocycles. The molecule has 0 saturated carbocycles. The molecule has 2 unspecified atom stereocenters. The summed E-state index contributed by atoms with van der Waals surface area (Å²) < 4.78 is 0. The predicted octanol–water partition coefficient (Wildman–Crippen LogP) is 5.02. The summed E-state index contributed by atoms with van der Waals surface area (Å²) in [6, 6.07) is 0. The van der Waals surface area contributed by atoms with Crippen molar-refractivity contribution in [2.75, 3.05) is 0 Å². The summed E-state index contributed by atoms with van der Waals surface area (Å²) in [6.07, 6.45) is 13.0. The van der Waals surface area contributed by atoms with Gasteiger partial charge in [-0.3, -0.25) is 9.59 Å². The van der Waals surface area contributed by atoms with E-state index in [4.69, 9.17) is 0 Å². The largest absolute Gasteiger partial charge is 0.289 e. The molecule has 0 aromatic rings. The Morgan fingerprint density at radius 1 is 0.667 bits per heavy atom. The number of ketones is 2. The van der Waals surface area contributed by atoms with E-state index in [1.54, 1.807) is 0 Å². The lowest BCUT2D eigenvalue weighted by molar-refractivity contribution is -0.113. The summed E-state index contributed by atoms with van der Waals surface area (Å²) in [5.41, 5.74) is 6.73. The second kappa shape index (κ2) is 5.98. The molecule has 0 bridgehead atoms. The van der Waals surface area contributed by atoms with E-state index in [9.17, 15) is 9.59 Å². The summed E-state index contributed by atoms with van der Waals surface area (Å²) in [4.78, 5) is 25.2. The van der Waals surface area contributed by atoms with Gasteiger partial charge in [0.2, 0.25) is 0 Å². The molecular formula is C22H26O2. The fourth-order valence-corrected chi connectivity index (χ4v) is 5.12. The highest BCUT2D eigenvalue weighted by Crippen LogP contribution is 2.47. The zero-order valence-electron chi connectivity index (χ0n) is 14.8. The van der Waals surface area contributed by atoms with E-state index in [-0.39, 0.29) is 11.6 Å². The zero-order valence-corrected chi connectivity index (χ0v) is 14.8. The van der Waals surface area contributed by atoms with Crippen LogP contribution in [0.4, 0.5) is 0 Å². The Morgan fingerprint density at radius 3 is 1.46 bits per heavy atom. The van der Waals surface area contributed by atoms with Crippen LogP contribution in [0, 0.1) is 11.8 Å². The number of carbonyl (C=O) groups is 2. The van der Waals surface area contributed by atoms with Crippen LogP contribution in [0.15, 0.2) is 45.6 Å². The molecule has 4 rings (SSSR count). The van der Waals surface area contributed by atoms with Gasteiger partial charge in [0.15, 0.2) is 11.6 Å². The molecule has 2 nitrogen and oxygen atoms in total. The molecule has 4 aliphatic carbocycles. The van der Waals surface area contributed by atoms with E-state index in [1.807, 2.05) is 13.8 Å². The molecule has 2 heteroatoms. The molecule has 4 aliphatic rings. The Labute approximate surface area is 144 Å². The Bertz CT molecular complexity index is 678. The maximum absolute atomic E-state index is 12.6. The molecule has 0 aliphatic heterocycles. The van der Waals surface area contributed by atoms with Crippen LogP contribution in [0.5, 0.6) is 0 Å². The van der Waals surface area contributed by atoms with Gasteiger partial charge in [-0.2, -0.15) is 0 Å². The zero-order chi connectivity index (χ0) is 16.8. The smallest absolute Gasteiger partial charge is 0.184 e. The van der Waals surface area contributed by atoms with Crippen LogP contribution < -0.4 is 0 Å². The average Bonchev–Trinajstić information content (AvgIpc) is 2.61. The molecule has 0 aromatic carbocycles. The van der Waals surface area contributed by atoms with Crippen molar-refractivity contribution in [1.82, 2.24) is 0 Å². The van der Waals surface area contributed by atoms with Crippen LogP contribution in [-0.4, -0.2) is 11.6 Å². The average molecular weight is 322 g/mol. The molecule has 126 valence electrons. The lowest BCUT2D eigenvalue weighted by Crippen LogP contribution is -2.30. The van der Waals surface area contributed by atoms with Crippen molar-refractivity contribution in [2.24, 2.45) is 11.8 Å². The van der Waals surface area contributed by atoms with Crippen LogP contribution in [-0.2, 0) is 9.59 Å². The first kappa shape index (κ1) is 15.8. The van der Waals surface area contributed by atoms with Gasteiger partial charge in [0, 0.05) is 11.8 Å². The maximum atomic E-state index is 12.6. The topological polar surface area (TPSA) is 34.1 Å². The normalized spacial score (nSPS) is 30.8. The summed E-state index contributed by atoms with van der Waals surface area (Å²) in [6.45, 7) is 3.93. The van der Waals surface area contributed by atoms with Gasteiger partial charge in [0.25, 0.3) is 0 Å². The number of carbonyl (C=O) groups excluding carboxylic acids is 2. The third-order valence-corrected chi connectivity index (χ3v) is 6.34. The van der Waals surface area contributed by atoms with E-state index >= 15 is 0 Å². The van der Waals surface area contributed by atoms with Crippen molar-refractivity contribution in [3.8, 4) is 0 Å². The Kier molecular flexibility index (Phi) is 3.94. The maximum Gasteiger partial charge on any atom is 0.184 e. The van der Waals surface area contributed by atoms with Crippen LogP contribution in [0.2, 0.25) is 0 Å². The second-order valence-corrected chi connectivity index (χ2v) is 7.83. The highest BCUT2D eigenvalue weighted by molar-refractivity contribution is 6.10. The van der Waals surface area contributed by atoms with Crippen molar-refractivity contribution >= 4 is 11.6 Å². The molecule has 0 heterocycles. The van der Waals surface area contributed by atoms with E-state index < -0.39 is 0 Å². The van der Waals surface area contributed by atoms with Crippen LogP contribution in [0.1, 0.15) is 65.2 Å². The minimum Gasteiger partial charge on any atom is -0.289 e. The third-order valence-electron chi connectivity index (χ3n) is 6.34. The lowest BCUT2D eigenvalue weighted by Gasteiger charge is -2.38. The van der Waals surface area contributed by atoms with Gasteiger partial charge in [-0.05, 0) is 87.5 Å². The van der Waals surface area contributed by atoms with Crippen LogP contribution in [0.25, 0.3) is 0 Å². The summed E-state index contributed by atoms with van der Waals surface area (Å²) in [7, 11) is 0. The third kappa shape index (κ3) is 2.39. The first-order valence-corrected chi connectivity index (χ1v) is 9.48. The molecule has 24 heavy (non-hydrogen) atoms. The van der Waals surface area contributed by atoms with Crippen molar-refractivity contribution in [1.29, 1.82) is 0 Å². The lowest BCUT2D eigenvalue weighted by atomic mass is 9.65. The monoisotopic (exact) mass is 322 g/mol. The molecule has 0 radical (unpaired) electrons. The summed E-state index contributed by atoms with van der Waals surface area (Å²) >= 11 is 0.